The van der Waals surface area contributed by atoms with Crippen LogP contribution >= 0.6 is 0 Å². The molecule has 1 aliphatic rings. The molecule has 1 heterocycles. The summed E-state index contributed by atoms with van der Waals surface area (Å²) in [5.74, 6) is -0.258. The predicted molar refractivity (Wildman–Crippen MR) is 99.4 cm³/mol. The van der Waals surface area contributed by atoms with Crippen LogP contribution in [0, 0.1) is 17.0 Å². The monoisotopic (exact) mass is 386 g/mol. The molecule has 1 saturated heterocycles. The number of nitro benzene ring substituents is 1. The summed E-state index contributed by atoms with van der Waals surface area (Å²) < 4.78 is 27.5. The highest BCUT2D eigenvalue weighted by Crippen LogP contribution is 2.46. The summed E-state index contributed by atoms with van der Waals surface area (Å²) >= 11 is 0. The minimum absolute atomic E-state index is 0.107. The third-order valence-corrected chi connectivity index (χ3v) is 6.26. The number of carbonyl (C=O) groups is 1. The van der Waals surface area contributed by atoms with Gasteiger partial charge >= 0.3 is 0 Å². The van der Waals surface area contributed by atoms with E-state index in [2.05, 4.69) is 0 Å². The summed E-state index contributed by atoms with van der Waals surface area (Å²) in [6, 6.07) is 11.7. The van der Waals surface area contributed by atoms with Crippen molar-refractivity contribution in [3.8, 4) is 0 Å². The van der Waals surface area contributed by atoms with Crippen LogP contribution in [0.2, 0.25) is 0 Å². The Kier molecular flexibility index (Phi) is 4.84. The molecule has 0 radical (unpaired) electrons. The molecule has 0 saturated carbocycles. The van der Waals surface area contributed by atoms with Gasteiger partial charge in [0.2, 0.25) is 0 Å². The number of carbonyl (C=O) groups excluding carboxylic acids is 1. The quantitative estimate of drug-likeness (QED) is 0.445. The normalized spacial score (nSPS) is 18.2. The Morgan fingerprint density at radius 3 is 2.48 bits per heavy atom. The molecule has 1 unspecified atom stereocenters. The van der Waals surface area contributed by atoms with Crippen molar-refractivity contribution in [1.29, 1.82) is 0 Å². The van der Waals surface area contributed by atoms with Crippen molar-refractivity contribution in [2.24, 2.45) is 0 Å². The highest BCUT2D eigenvalue weighted by molar-refractivity contribution is 7.89. The first-order valence-electron chi connectivity index (χ1n) is 8.27. The van der Waals surface area contributed by atoms with Crippen LogP contribution in [0.25, 0.3) is 0 Å². The zero-order chi connectivity index (χ0) is 19.8. The van der Waals surface area contributed by atoms with E-state index in [-0.39, 0.29) is 16.4 Å². The van der Waals surface area contributed by atoms with Gasteiger partial charge in [-0.1, -0.05) is 29.8 Å². The Bertz CT molecular complexity index is 1040. The van der Waals surface area contributed by atoms with Crippen LogP contribution in [0.15, 0.2) is 65.2 Å². The average molecular weight is 386 g/mol. The molecule has 0 bridgehead atoms. The maximum atomic E-state index is 13.2. The topological polar surface area (TPSA) is 97.6 Å². The number of nitrogens with zero attached hydrogens (tertiary/aromatic N) is 2. The molecule has 8 heteroatoms. The Morgan fingerprint density at radius 1 is 1.22 bits per heavy atom. The highest BCUT2D eigenvalue weighted by Gasteiger charge is 2.43. The number of non-ortho nitro benzene ring substituents is 1. The summed E-state index contributed by atoms with van der Waals surface area (Å²) in [5.41, 5.74) is 1.71. The second kappa shape index (κ2) is 6.96. The van der Waals surface area contributed by atoms with Gasteiger partial charge in [-0.25, -0.2) is 8.42 Å². The van der Waals surface area contributed by atoms with Crippen LogP contribution in [0.4, 0.5) is 5.69 Å². The number of sulfonamides is 1. The smallest absolute Gasteiger partial charge is 0.269 e. The number of benzene rings is 2. The third kappa shape index (κ3) is 3.61. The number of hydrogen-bond donors (Lipinski definition) is 0. The molecule has 2 aromatic rings. The molecule has 0 amide bonds. The van der Waals surface area contributed by atoms with Crippen molar-refractivity contribution >= 4 is 21.5 Å². The first kappa shape index (κ1) is 18.8. The molecule has 0 spiro atoms. The molecule has 2 aromatic carbocycles. The van der Waals surface area contributed by atoms with Gasteiger partial charge in [-0.2, -0.15) is 0 Å². The average Bonchev–Trinajstić information content (AvgIpc) is 2.58. The maximum absolute atomic E-state index is 13.2. The van der Waals surface area contributed by atoms with E-state index < -0.39 is 21.0 Å². The van der Waals surface area contributed by atoms with Crippen LogP contribution in [-0.4, -0.2) is 23.4 Å². The van der Waals surface area contributed by atoms with Crippen LogP contribution in [0.3, 0.4) is 0 Å². The van der Waals surface area contributed by atoms with Crippen molar-refractivity contribution in [3.63, 3.8) is 0 Å². The zero-order valence-electron chi connectivity index (χ0n) is 14.8. The Balaban J connectivity index is 2.06. The SMILES string of the molecule is CC(=O)/C=C1\CC(c2cccc([N+](=O)[O-])c2)N1S(=O)(=O)c1ccc(C)cc1. The second-order valence-corrected chi connectivity index (χ2v) is 8.25. The summed E-state index contributed by atoms with van der Waals surface area (Å²) in [6.07, 6.45) is 1.60. The van der Waals surface area contributed by atoms with Crippen LogP contribution < -0.4 is 0 Å². The molecule has 27 heavy (non-hydrogen) atoms. The molecule has 1 aliphatic heterocycles. The van der Waals surface area contributed by atoms with Crippen molar-refractivity contribution in [3.05, 3.63) is 81.5 Å². The van der Waals surface area contributed by atoms with E-state index in [4.69, 9.17) is 0 Å². The van der Waals surface area contributed by atoms with Gasteiger partial charge in [0.25, 0.3) is 15.7 Å². The first-order chi connectivity index (χ1) is 12.7. The van der Waals surface area contributed by atoms with E-state index in [9.17, 15) is 23.3 Å². The lowest BCUT2D eigenvalue weighted by molar-refractivity contribution is -0.385. The number of ketones is 1. The summed E-state index contributed by atoms with van der Waals surface area (Å²) in [5, 5.41) is 11.0. The molecule has 3 rings (SSSR count). The van der Waals surface area contributed by atoms with Gasteiger partial charge in [-0.15, -0.1) is 0 Å². The molecular formula is C19H18N2O5S. The lowest BCUT2D eigenvalue weighted by atomic mass is 9.93. The summed E-state index contributed by atoms with van der Waals surface area (Å²) in [6.45, 7) is 3.21. The van der Waals surface area contributed by atoms with E-state index >= 15 is 0 Å². The minimum Gasteiger partial charge on any atom is -0.295 e. The van der Waals surface area contributed by atoms with Gasteiger partial charge in [0.15, 0.2) is 5.78 Å². The van der Waals surface area contributed by atoms with Gasteiger partial charge in [0.1, 0.15) is 0 Å². The van der Waals surface area contributed by atoms with E-state index in [1.165, 1.54) is 47.6 Å². The third-order valence-electron chi connectivity index (χ3n) is 4.38. The van der Waals surface area contributed by atoms with Gasteiger partial charge in [-0.05, 0) is 31.5 Å². The van der Waals surface area contributed by atoms with Crippen molar-refractivity contribution in [1.82, 2.24) is 4.31 Å². The van der Waals surface area contributed by atoms with Crippen molar-refractivity contribution in [2.45, 2.75) is 31.2 Å². The fourth-order valence-electron chi connectivity index (χ4n) is 3.06. The van der Waals surface area contributed by atoms with E-state index in [1.807, 2.05) is 6.92 Å². The Morgan fingerprint density at radius 2 is 1.89 bits per heavy atom. The molecule has 1 atom stereocenters. The Hall–Kier alpha value is -3.00. The Labute approximate surface area is 157 Å². The van der Waals surface area contributed by atoms with Crippen molar-refractivity contribution < 1.29 is 18.1 Å². The van der Waals surface area contributed by atoms with Crippen LogP contribution in [-0.2, 0) is 14.8 Å². The van der Waals surface area contributed by atoms with E-state index in [1.54, 1.807) is 18.2 Å². The fraction of sp³-hybridized carbons (Fsp3) is 0.211. The van der Waals surface area contributed by atoms with E-state index in [0.29, 0.717) is 17.7 Å². The van der Waals surface area contributed by atoms with Gasteiger partial charge in [0, 0.05) is 30.3 Å². The zero-order valence-corrected chi connectivity index (χ0v) is 15.6. The largest absolute Gasteiger partial charge is 0.295 e. The van der Waals surface area contributed by atoms with Gasteiger partial charge in [0.05, 0.1) is 15.9 Å². The first-order valence-corrected chi connectivity index (χ1v) is 9.71. The lowest BCUT2D eigenvalue weighted by Crippen LogP contribution is -2.43. The second-order valence-electron chi connectivity index (χ2n) is 6.43. The van der Waals surface area contributed by atoms with Gasteiger partial charge in [-0.3, -0.25) is 19.2 Å². The lowest BCUT2D eigenvalue weighted by Gasteiger charge is -2.44. The molecule has 0 N–H and O–H groups in total. The standard InChI is InChI=1S/C19H18N2O5S/c1-13-6-8-18(9-7-13)27(25,26)20-17(10-14(2)22)12-19(20)15-4-3-5-16(11-15)21(23)24/h3-11,19H,12H2,1-2H3/b17-10+. The molecular weight excluding hydrogens is 368 g/mol. The molecule has 0 aromatic heterocycles. The summed E-state index contributed by atoms with van der Waals surface area (Å²) in [4.78, 5) is 22.1. The number of nitro groups is 1. The maximum Gasteiger partial charge on any atom is 0.269 e. The fourth-order valence-corrected chi connectivity index (χ4v) is 4.73. The number of hydrogen-bond acceptors (Lipinski definition) is 5. The molecule has 140 valence electrons. The van der Waals surface area contributed by atoms with Crippen LogP contribution in [0.1, 0.15) is 30.5 Å². The minimum atomic E-state index is -3.90. The highest BCUT2D eigenvalue weighted by atomic mass is 32.2. The van der Waals surface area contributed by atoms with Crippen LogP contribution in [0.5, 0.6) is 0 Å². The molecule has 0 aliphatic carbocycles. The molecule has 7 nitrogen and oxygen atoms in total. The summed E-state index contributed by atoms with van der Waals surface area (Å²) in [7, 11) is -3.90. The van der Waals surface area contributed by atoms with Gasteiger partial charge < -0.3 is 0 Å². The number of rotatable bonds is 5. The number of allylic oxidation sites excluding steroid dienone is 1. The predicted octanol–water partition coefficient (Wildman–Crippen LogP) is 3.51. The molecule has 1 fully saturated rings. The van der Waals surface area contributed by atoms with Crippen molar-refractivity contribution in [2.75, 3.05) is 0 Å². The van der Waals surface area contributed by atoms with E-state index in [0.717, 1.165) is 5.56 Å². The number of aryl methyl sites for hydroxylation is 1.